The van der Waals surface area contributed by atoms with E-state index in [1.165, 1.54) is 12.1 Å². The lowest BCUT2D eigenvalue weighted by Crippen LogP contribution is -2.14. The van der Waals surface area contributed by atoms with Crippen LogP contribution in [-0.4, -0.2) is 11.5 Å². The number of nitro groups is 1. The quantitative estimate of drug-likeness (QED) is 0.371. The number of halogens is 1. The summed E-state index contributed by atoms with van der Waals surface area (Å²) in [7, 11) is 0. The van der Waals surface area contributed by atoms with Crippen LogP contribution in [0, 0.1) is 22.5 Å². The summed E-state index contributed by atoms with van der Waals surface area (Å²) in [6.45, 7) is 1.25. The van der Waals surface area contributed by atoms with Crippen molar-refractivity contribution in [2.24, 2.45) is 0 Å². The van der Waals surface area contributed by atoms with Crippen molar-refractivity contribution in [3.05, 3.63) is 38.9 Å². The standard InChI is InChI=1S/C11H11ClN2O2/c1-2-3-6-13-8-9-4-5-10(14(15)16)7-11(9)12/h1,4-5,7,13H,3,6,8H2. The van der Waals surface area contributed by atoms with E-state index in [9.17, 15) is 10.1 Å². The molecule has 0 fully saturated rings. The first-order valence-corrected chi connectivity index (χ1v) is 5.10. The van der Waals surface area contributed by atoms with Gasteiger partial charge in [0, 0.05) is 31.6 Å². The predicted octanol–water partition coefficient (Wildman–Crippen LogP) is 2.36. The molecule has 0 saturated heterocycles. The Morgan fingerprint density at radius 2 is 2.31 bits per heavy atom. The monoisotopic (exact) mass is 238 g/mol. The summed E-state index contributed by atoms with van der Waals surface area (Å²) in [6.07, 6.45) is 5.74. The average molecular weight is 239 g/mol. The van der Waals surface area contributed by atoms with E-state index in [1.54, 1.807) is 6.07 Å². The number of rotatable bonds is 5. The second-order valence-corrected chi connectivity index (χ2v) is 3.57. The highest BCUT2D eigenvalue weighted by atomic mass is 35.5. The van der Waals surface area contributed by atoms with Gasteiger partial charge in [-0.25, -0.2) is 0 Å². The maximum Gasteiger partial charge on any atom is 0.270 e. The number of non-ortho nitro benzene ring substituents is 1. The topological polar surface area (TPSA) is 55.2 Å². The number of nitrogens with one attached hydrogen (secondary N) is 1. The first-order valence-electron chi connectivity index (χ1n) is 4.72. The van der Waals surface area contributed by atoms with E-state index >= 15 is 0 Å². The van der Waals surface area contributed by atoms with E-state index < -0.39 is 4.92 Å². The molecule has 0 aliphatic rings. The van der Waals surface area contributed by atoms with Gasteiger partial charge in [-0.3, -0.25) is 10.1 Å². The van der Waals surface area contributed by atoms with E-state index in [1.807, 2.05) is 0 Å². The van der Waals surface area contributed by atoms with Gasteiger partial charge in [0.1, 0.15) is 0 Å². The number of hydrogen-bond acceptors (Lipinski definition) is 3. The molecule has 0 heterocycles. The SMILES string of the molecule is C#CCCNCc1ccc([N+](=O)[O-])cc1Cl. The molecule has 5 heteroatoms. The molecule has 4 nitrogen and oxygen atoms in total. The average Bonchev–Trinajstić information content (AvgIpc) is 2.26. The van der Waals surface area contributed by atoms with Crippen molar-refractivity contribution in [2.75, 3.05) is 6.54 Å². The smallest absolute Gasteiger partial charge is 0.270 e. The van der Waals surface area contributed by atoms with Crippen molar-refractivity contribution in [1.82, 2.24) is 5.32 Å². The van der Waals surface area contributed by atoms with Crippen molar-refractivity contribution in [3.63, 3.8) is 0 Å². The summed E-state index contributed by atoms with van der Waals surface area (Å²) < 4.78 is 0. The zero-order valence-electron chi connectivity index (χ0n) is 8.57. The van der Waals surface area contributed by atoms with Gasteiger partial charge in [-0.05, 0) is 11.6 Å². The number of hydrogen-bond donors (Lipinski definition) is 1. The first kappa shape index (κ1) is 12.5. The molecule has 0 bridgehead atoms. The number of benzene rings is 1. The Kier molecular flexibility index (Phi) is 4.77. The summed E-state index contributed by atoms with van der Waals surface area (Å²) >= 11 is 5.90. The van der Waals surface area contributed by atoms with Gasteiger partial charge in [-0.2, -0.15) is 0 Å². The third-order valence-corrected chi connectivity index (χ3v) is 2.36. The molecular formula is C11H11ClN2O2. The van der Waals surface area contributed by atoms with Crippen molar-refractivity contribution < 1.29 is 4.92 Å². The molecule has 0 aromatic heterocycles. The summed E-state index contributed by atoms with van der Waals surface area (Å²) in [6, 6.07) is 4.42. The maximum absolute atomic E-state index is 10.5. The summed E-state index contributed by atoms with van der Waals surface area (Å²) in [5, 5.41) is 14.0. The zero-order chi connectivity index (χ0) is 12.0. The Balaban J connectivity index is 2.62. The lowest BCUT2D eigenvalue weighted by atomic mass is 10.2. The summed E-state index contributed by atoms with van der Waals surface area (Å²) in [5.41, 5.74) is 0.821. The Morgan fingerprint density at radius 3 is 2.88 bits per heavy atom. The fourth-order valence-electron chi connectivity index (χ4n) is 1.18. The molecule has 0 aliphatic heterocycles. The van der Waals surface area contributed by atoms with Gasteiger partial charge in [-0.1, -0.05) is 11.6 Å². The van der Waals surface area contributed by atoms with Crippen LogP contribution < -0.4 is 5.32 Å². The zero-order valence-corrected chi connectivity index (χ0v) is 9.33. The summed E-state index contributed by atoms with van der Waals surface area (Å²) in [4.78, 5) is 10.0. The molecule has 0 unspecified atom stereocenters. The minimum Gasteiger partial charge on any atom is -0.312 e. The molecule has 1 aromatic carbocycles. The van der Waals surface area contributed by atoms with Crippen LogP contribution in [0.1, 0.15) is 12.0 Å². The van der Waals surface area contributed by atoms with E-state index in [0.29, 0.717) is 24.5 Å². The number of nitro benzene ring substituents is 1. The number of terminal acetylenes is 1. The second kappa shape index (κ2) is 6.11. The molecule has 16 heavy (non-hydrogen) atoms. The minimum atomic E-state index is -0.471. The van der Waals surface area contributed by atoms with Crippen LogP contribution in [0.2, 0.25) is 5.02 Å². The summed E-state index contributed by atoms with van der Waals surface area (Å²) in [5.74, 6) is 2.51. The van der Waals surface area contributed by atoms with Crippen LogP contribution in [0.5, 0.6) is 0 Å². The van der Waals surface area contributed by atoms with E-state index in [4.69, 9.17) is 18.0 Å². The van der Waals surface area contributed by atoms with E-state index in [-0.39, 0.29) is 5.69 Å². The Bertz CT molecular complexity index is 426. The Labute approximate surface area is 98.8 Å². The number of nitrogens with zero attached hydrogens (tertiary/aromatic N) is 1. The molecule has 1 rings (SSSR count). The van der Waals surface area contributed by atoms with Crippen molar-refractivity contribution in [2.45, 2.75) is 13.0 Å². The highest BCUT2D eigenvalue weighted by Crippen LogP contribution is 2.22. The van der Waals surface area contributed by atoms with Crippen LogP contribution >= 0.6 is 11.6 Å². The van der Waals surface area contributed by atoms with Crippen molar-refractivity contribution in [1.29, 1.82) is 0 Å². The van der Waals surface area contributed by atoms with Gasteiger partial charge in [0.05, 0.1) is 9.95 Å². The molecule has 84 valence electrons. The molecule has 0 amide bonds. The minimum absolute atomic E-state index is 0.00243. The van der Waals surface area contributed by atoms with Gasteiger partial charge >= 0.3 is 0 Å². The molecule has 0 saturated carbocycles. The first-order chi connectivity index (χ1) is 7.65. The molecule has 0 spiro atoms. The van der Waals surface area contributed by atoms with Gasteiger partial charge < -0.3 is 5.32 Å². The fraction of sp³-hybridized carbons (Fsp3) is 0.273. The van der Waals surface area contributed by atoms with Crippen LogP contribution in [0.15, 0.2) is 18.2 Å². The van der Waals surface area contributed by atoms with Gasteiger partial charge in [-0.15, -0.1) is 12.3 Å². The third kappa shape index (κ3) is 3.54. The van der Waals surface area contributed by atoms with Crippen LogP contribution in [0.3, 0.4) is 0 Å². The molecule has 0 atom stereocenters. The van der Waals surface area contributed by atoms with Gasteiger partial charge in [0.15, 0.2) is 0 Å². The molecule has 0 radical (unpaired) electrons. The normalized spacial score (nSPS) is 9.75. The van der Waals surface area contributed by atoms with Crippen LogP contribution in [-0.2, 0) is 6.54 Å². The third-order valence-electron chi connectivity index (χ3n) is 2.01. The predicted molar refractivity (Wildman–Crippen MR) is 63.3 cm³/mol. The lowest BCUT2D eigenvalue weighted by molar-refractivity contribution is -0.384. The van der Waals surface area contributed by atoms with Crippen LogP contribution in [0.25, 0.3) is 0 Å². The van der Waals surface area contributed by atoms with Crippen molar-refractivity contribution >= 4 is 17.3 Å². The van der Waals surface area contributed by atoms with Crippen molar-refractivity contribution in [3.8, 4) is 12.3 Å². The highest BCUT2D eigenvalue weighted by molar-refractivity contribution is 6.31. The van der Waals surface area contributed by atoms with E-state index in [2.05, 4.69) is 11.2 Å². The Hall–Kier alpha value is -1.57. The maximum atomic E-state index is 10.5. The fourth-order valence-corrected chi connectivity index (χ4v) is 1.42. The van der Waals surface area contributed by atoms with Crippen LogP contribution in [0.4, 0.5) is 5.69 Å². The van der Waals surface area contributed by atoms with Gasteiger partial charge in [0.2, 0.25) is 0 Å². The highest BCUT2D eigenvalue weighted by Gasteiger charge is 2.08. The largest absolute Gasteiger partial charge is 0.312 e. The Morgan fingerprint density at radius 1 is 1.56 bits per heavy atom. The molecular weight excluding hydrogens is 228 g/mol. The molecule has 0 aliphatic carbocycles. The lowest BCUT2D eigenvalue weighted by Gasteiger charge is -2.04. The van der Waals surface area contributed by atoms with E-state index in [0.717, 1.165) is 5.56 Å². The molecule has 1 aromatic rings. The molecule has 1 N–H and O–H groups in total. The van der Waals surface area contributed by atoms with Gasteiger partial charge in [0.25, 0.3) is 5.69 Å². The second-order valence-electron chi connectivity index (χ2n) is 3.16.